The first-order valence-corrected chi connectivity index (χ1v) is 7.26. The van der Waals surface area contributed by atoms with Gasteiger partial charge < -0.3 is 10.7 Å². The van der Waals surface area contributed by atoms with Crippen molar-refractivity contribution in [3.8, 4) is 11.4 Å². The maximum atomic E-state index is 12.3. The van der Waals surface area contributed by atoms with Gasteiger partial charge in [-0.05, 0) is 24.6 Å². The number of nitrogens with two attached hydrogens (primary N) is 1. The molecule has 0 saturated carbocycles. The van der Waals surface area contributed by atoms with Crippen LogP contribution in [0.4, 0.5) is 0 Å². The SMILES string of the molecule is Cc1c(C(N)=O)sc2nc(-c3ccccc3Cl)[nH]c(=O)c12. The average Bonchev–Trinajstić information content (AvgIpc) is 2.77. The zero-order valence-electron chi connectivity index (χ0n) is 10.9. The van der Waals surface area contributed by atoms with Gasteiger partial charge in [0.15, 0.2) is 0 Å². The number of fused-ring (bicyclic) bond motifs is 1. The van der Waals surface area contributed by atoms with Crippen molar-refractivity contribution in [1.82, 2.24) is 9.97 Å². The fourth-order valence-corrected chi connectivity index (χ4v) is 3.42. The average molecular weight is 320 g/mol. The molecular weight excluding hydrogens is 310 g/mol. The maximum absolute atomic E-state index is 12.3. The van der Waals surface area contributed by atoms with Crippen LogP contribution in [0.1, 0.15) is 15.2 Å². The summed E-state index contributed by atoms with van der Waals surface area (Å²) in [4.78, 5) is 31.6. The Hall–Kier alpha value is -2.18. The van der Waals surface area contributed by atoms with Crippen molar-refractivity contribution in [2.45, 2.75) is 6.92 Å². The van der Waals surface area contributed by atoms with Crippen molar-refractivity contribution in [1.29, 1.82) is 0 Å². The van der Waals surface area contributed by atoms with Crippen LogP contribution in [0.2, 0.25) is 5.02 Å². The van der Waals surface area contributed by atoms with Gasteiger partial charge in [0.2, 0.25) is 0 Å². The van der Waals surface area contributed by atoms with E-state index in [9.17, 15) is 9.59 Å². The second-order valence-electron chi connectivity index (χ2n) is 4.49. The summed E-state index contributed by atoms with van der Waals surface area (Å²) in [6.45, 7) is 1.69. The van der Waals surface area contributed by atoms with Crippen LogP contribution >= 0.6 is 22.9 Å². The molecule has 0 bridgehead atoms. The molecule has 7 heteroatoms. The summed E-state index contributed by atoms with van der Waals surface area (Å²) in [5.74, 6) is -0.190. The zero-order chi connectivity index (χ0) is 15.1. The van der Waals surface area contributed by atoms with Crippen molar-refractivity contribution in [3.05, 3.63) is 50.1 Å². The lowest BCUT2D eigenvalue weighted by Crippen LogP contribution is -2.12. The van der Waals surface area contributed by atoms with Gasteiger partial charge in [-0.15, -0.1) is 11.3 Å². The first kappa shape index (κ1) is 13.8. The Morgan fingerprint density at radius 3 is 2.76 bits per heavy atom. The van der Waals surface area contributed by atoms with Gasteiger partial charge in [-0.3, -0.25) is 9.59 Å². The van der Waals surface area contributed by atoms with Gasteiger partial charge in [0.1, 0.15) is 10.7 Å². The van der Waals surface area contributed by atoms with Crippen molar-refractivity contribution in [2.75, 3.05) is 0 Å². The van der Waals surface area contributed by atoms with Crippen molar-refractivity contribution in [2.24, 2.45) is 5.73 Å². The first-order chi connectivity index (χ1) is 9.99. The van der Waals surface area contributed by atoms with E-state index < -0.39 is 5.91 Å². The monoisotopic (exact) mass is 319 g/mol. The molecule has 3 rings (SSSR count). The van der Waals surface area contributed by atoms with Gasteiger partial charge in [0.05, 0.1) is 15.3 Å². The lowest BCUT2D eigenvalue weighted by atomic mass is 10.2. The Morgan fingerprint density at radius 2 is 2.10 bits per heavy atom. The number of carbonyl (C=O) groups is 1. The molecule has 0 spiro atoms. The Balaban J connectivity index is 2.32. The minimum atomic E-state index is -0.561. The van der Waals surface area contributed by atoms with Gasteiger partial charge in [0, 0.05) is 5.56 Å². The number of H-pyrrole nitrogens is 1. The highest BCUT2D eigenvalue weighted by molar-refractivity contribution is 7.20. The molecule has 0 atom stereocenters. The van der Waals surface area contributed by atoms with E-state index in [1.807, 2.05) is 0 Å². The van der Waals surface area contributed by atoms with Gasteiger partial charge in [-0.1, -0.05) is 23.7 Å². The molecule has 2 heterocycles. The molecule has 106 valence electrons. The van der Waals surface area contributed by atoms with Crippen LogP contribution in [0, 0.1) is 6.92 Å². The fourth-order valence-electron chi connectivity index (χ4n) is 2.16. The molecule has 3 N–H and O–H groups in total. The topological polar surface area (TPSA) is 88.8 Å². The van der Waals surface area contributed by atoms with Crippen LogP contribution in [0.5, 0.6) is 0 Å². The number of hydrogen-bond donors (Lipinski definition) is 2. The Morgan fingerprint density at radius 1 is 1.38 bits per heavy atom. The van der Waals surface area contributed by atoms with E-state index in [-0.39, 0.29) is 5.56 Å². The molecule has 0 unspecified atom stereocenters. The number of aryl methyl sites for hydroxylation is 1. The van der Waals surface area contributed by atoms with E-state index in [4.69, 9.17) is 17.3 Å². The Labute approximate surface area is 128 Å². The van der Waals surface area contributed by atoms with Crippen LogP contribution in [-0.4, -0.2) is 15.9 Å². The number of halogens is 1. The molecular formula is C14H10ClN3O2S. The number of hydrogen-bond acceptors (Lipinski definition) is 4. The van der Waals surface area contributed by atoms with E-state index in [1.54, 1.807) is 31.2 Å². The summed E-state index contributed by atoms with van der Waals surface area (Å²) in [6.07, 6.45) is 0. The predicted octanol–water partition coefficient (Wildman–Crippen LogP) is 2.71. The molecule has 0 aliphatic rings. The highest BCUT2D eigenvalue weighted by atomic mass is 35.5. The molecule has 1 aromatic carbocycles. The number of aromatic amines is 1. The number of primary amides is 1. The smallest absolute Gasteiger partial charge is 0.260 e. The molecule has 0 aliphatic carbocycles. The van der Waals surface area contributed by atoms with E-state index in [0.717, 1.165) is 11.3 Å². The van der Waals surface area contributed by atoms with Crippen molar-refractivity contribution >= 4 is 39.1 Å². The molecule has 0 fully saturated rings. The largest absolute Gasteiger partial charge is 0.365 e. The van der Waals surface area contributed by atoms with E-state index in [1.165, 1.54) is 0 Å². The number of benzene rings is 1. The number of nitrogens with one attached hydrogen (secondary N) is 1. The maximum Gasteiger partial charge on any atom is 0.260 e. The molecule has 1 amide bonds. The lowest BCUT2D eigenvalue weighted by Gasteiger charge is -2.03. The van der Waals surface area contributed by atoms with Gasteiger partial charge in [-0.25, -0.2) is 4.98 Å². The molecule has 5 nitrogen and oxygen atoms in total. The molecule has 2 aromatic heterocycles. The van der Waals surface area contributed by atoms with Gasteiger partial charge >= 0.3 is 0 Å². The quantitative estimate of drug-likeness (QED) is 0.761. The van der Waals surface area contributed by atoms with Crippen LogP contribution in [0.15, 0.2) is 29.1 Å². The van der Waals surface area contributed by atoms with E-state index in [2.05, 4.69) is 9.97 Å². The zero-order valence-corrected chi connectivity index (χ0v) is 12.5. The summed E-state index contributed by atoms with van der Waals surface area (Å²) in [5, 5.41) is 0.882. The lowest BCUT2D eigenvalue weighted by molar-refractivity contribution is 0.100. The third-order valence-corrected chi connectivity index (χ3v) is 4.68. The number of amides is 1. The highest BCUT2D eigenvalue weighted by Crippen LogP contribution is 2.29. The second-order valence-corrected chi connectivity index (χ2v) is 5.90. The Kier molecular flexibility index (Phi) is 3.27. The summed E-state index contributed by atoms with van der Waals surface area (Å²) in [6, 6.07) is 7.08. The third kappa shape index (κ3) is 2.22. The van der Waals surface area contributed by atoms with Gasteiger partial charge in [-0.2, -0.15) is 0 Å². The number of aromatic nitrogens is 2. The number of nitrogens with zero attached hydrogens (tertiary/aromatic N) is 1. The fraction of sp³-hybridized carbons (Fsp3) is 0.0714. The van der Waals surface area contributed by atoms with Gasteiger partial charge in [0.25, 0.3) is 11.5 Å². The van der Waals surface area contributed by atoms with Crippen LogP contribution < -0.4 is 11.3 Å². The summed E-state index contributed by atoms with van der Waals surface area (Å²) >= 11 is 7.23. The minimum Gasteiger partial charge on any atom is -0.365 e. The standard InChI is InChI=1S/C14H10ClN3O2S/c1-6-9-13(20)17-12(7-4-2-3-5-8(7)15)18-14(9)21-10(6)11(16)19/h2-5H,1H3,(H2,16,19)(H,17,18,20). The van der Waals surface area contributed by atoms with Crippen molar-refractivity contribution < 1.29 is 4.79 Å². The third-order valence-electron chi connectivity index (χ3n) is 3.15. The number of carbonyl (C=O) groups excluding carboxylic acids is 1. The molecule has 3 aromatic rings. The molecule has 0 aliphatic heterocycles. The summed E-state index contributed by atoms with van der Waals surface area (Å²) < 4.78 is 0. The number of rotatable bonds is 2. The molecule has 0 radical (unpaired) electrons. The highest BCUT2D eigenvalue weighted by Gasteiger charge is 2.18. The van der Waals surface area contributed by atoms with E-state index >= 15 is 0 Å². The van der Waals surface area contributed by atoms with Crippen LogP contribution in [0.25, 0.3) is 21.6 Å². The minimum absolute atomic E-state index is 0.309. The van der Waals surface area contributed by atoms with Crippen molar-refractivity contribution in [3.63, 3.8) is 0 Å². The first-order valence-electron chi connectivity index (χ1n) is 6.07. The molecule has 21 heavy (non-hydrogen) atoms. The Bertz CT molecular complexity index is 930. The van der Waals surface area contributed by atoms with Crippen LogP contribution in [-0.2, 0) is 0 Å². The van der Waals surface area contributed by atoms with E-state index in [0.29, 0.717) is 37.1 Å². The summed E-state index contributed by atoms with van der Waals surface area (Å²) in [7, 11) is 0. The number of thiophene rings is 1. The van der Waals surface area contributed by atoms with Crippen LogP contribution in [0.3, 0.4) is 0 Å². The second kappa shape index (κ2) is 4.98. The predicted molar refractivity (Wildman–Crippen MR) is 83.9 cm³/mol. The summed E-state index contributed by atoms with van der Waals surface area (Å²) in [5.41, 5.74) is 6.19. The molecule has 0 saturated heterocycles. The normalized spacial score (nSPS) is 11.0.